The summed E-state index contributed by atoms with van der Waals surface area (Å²) in [5.41, 5.74) is -1.01. The van der Waals surface area contributed by atoms with E-state index in [1.165, 1.54) is 0 Å². The summed E-state index contributed by atoms with van der Waals surface area (Å²) in [7, 11) is 0. The molecular weight excluding hydrogens is 417 g/mol. The van der Waals surface area contributed by atoms with Crippen LogP contribution in [0.5, 0.6) is 0 Å². The van der Waals surface area contributed by atoms with Gasteiger partial charge in [-0.15, -0.1) is 0 Å². The average Bonchev–Trinajstić information content (AvgIpc) is 3.06. The van der Waals surface area contributed by atoms with Gasteiger partial charge in [0.05, 0.1) is 11.6 Å². The minimum atomic E-state index is -1.32. The van der Waals surface area contributed by atoms with Crippen molar-refractivity contribution in [1.82, 2.24) is 15.3 Å². The smallest absolute Gasteiger partial charge is 0.407 e. The second-order valence-corrected chi connectivity index (χ2v) is 8.13. The number of carbonyl (C=O) groups excluding carboxylic acids is 1. The predicted molar refractivity (Wildman–Crippen MR) is 103 cm³/mol. The number of hydrogen-bond acceptors (Lipinski definition) is 6. The van der Waals surface area contributed by atoms with Crippen molar-refractivity contribution in [3.8, 4) is 0 Å². The minimum absolute atomic E-state index is 0.0644. The Morgan fingerprint density at radius 2 is 1.71 bits per heavy atom. The van der Waals surface area contributed by atoms with Gasteiger partial charge < -0.3 is 20.1 Å². The molecule has 2 unspecified atom stereocenters. The number of anilines is 1. The summed E-state index contributed by atoms with van der Waals surface area (Å²) in [6.07, 6.45) is 1.48. The summed E-state index contributed by atoms with van der Waals surface area (Å²) in [6.45, 7) is 5.21. The highest BCUT2D eigenvalue weighted by molar-refractivity contribution is 5.86. The van der Waals surface area contributed by atoms with E-state index in [1.807, 2.05) is 0 Å². The Morgan fingerprint density at radius 3 is 2.29 bits per heavy atom. The Bertz CT molecular complexity index is 995. The van der Waals surface area contributed by atoms with Gasteiger partial charge >= 0.3 is 12.1 Å². The van der Waals surface area contributed by atoms with E-state index < -0.39 is 47.1 Å². The number of ether oxygens (including phenoxy) is 1. The third-order valence-electron chi connectivity index (χ3n) is 4.63. The zero-order valence-corrected chi connectivity index (χ0v) is 17.0. The summed E-state index contributed by atoms with van der Waals surface area (Å²) in [5.74, 6) is -5.31. The third kappa shape index (κ3) is 5.22. The summed E-state index contributed by atoms with van der Waals surface area (Å²) in [4.78, 5) is 32.9. The molecular formula is C20H21F3N4O4. The van der Waals surface area contributed by atoms with Crippen LogP contribution in [0, 0.1) is 17.5 Å². The molecule has 0 saturated carbocycles. The minimum Gasteiger partial charge on any atom is -0.478 e. The van der Waals surface area contributed by atoms with Crippen LogP contribution < -0.4 is 10.2 Å². The molecule has 2 aromatic rings. The molecule has 0 radical (unpaired) electrons. The first-order valence-electron chi connectivity index (χ1n) is 9.39. The van der Waals surface area contributed by atoms with E-state index in [0.29, 0.717) is 6.07 Å². The van der Waals surface area contributed by atoms with Gasteiger partial charge in [-0.05, 0) is 32.4 Å². The molecule has 0 bridgehead atoms. The van der Waals surface area contributed by atoms with E-state index in [1.54, 1.807) is 25.7 Å². The number of alkyl carbamates (subject to hydrolysis) is 1. The monoisotopic (exact) mass is 438 g/mol. The first kappa shape index (κ1) is 22.3. The number of nitrogens with zero attached hydrogens (tertiary/aromatic N) is 3. The van der Waals surface area contributed by atoms with Crippen LogP contribution in [0.1, 0.15) is 42.6 Å². The van der Waals surface area contributed by atoms with Gasteiger partial charge in [-0.25, -0.2) is 32.7 Å². The highest BCUT2D eigenvalue weighted by Gasteiger charge is 2.38. The number of rotatable bonds is 4. The topological polar surface area (TPSA) is 105 Å². The number of halogens is 3. The van der Waals surface area contributed by atoms with Gasteiger partial charge in [0.2, 0.25) is 5.95 Å². The van der Waals surface area contributed by atoms with Crippen molar-refractivity contribution < 1.29 is 32.6 Å². The molecule has 1 aliphatic rings. The molecule has 8 nitrogen and oxygen atoms in total. The van der Waals surface area contributed by atoms with Crippen molar-refractivity contribution in [3.63, 3.8) is 0 Å². The molecule has 11 heteroatoms. The number of benzene rings is 1. The van der Waals surface area contributed by atoms with Crippen molar-refractivity contribution in [2.24, 2.45) is 0 Å². The van der Waals surface area contributed by atoms with Crippen molar-refractivity contribution in [1.29, 1.82) is 0 Å². The Labute approximate surface area is 176 Å². The van der Waals surface area contributed by atoms with Crippen LogP contribution in [-0.2, 0) is 4.74 Å². The molecule has 1 amide bonds. The van der Waals surface area contributed by atoms with Crippen LogP contribution in [0.15, 0.2) is 24.5 Å². The lowest BCUT2D eigenvalue weighted by Crippen LogP contribution is -2.43. The lowest BCUT2D eigenvalue weighted by Gasteiger charge is -2.24. The summed E-state index contributed by atoms with van der Waals surface area (Å²) < 4.78 is 46.9. The van der Waals surface area contributed by atoms with Gasteiger partial charge in [-0.3, -0.25) is 0 Å². The maximum Gasteiger partial charge on any atom is 0.407 e. The molecule has 166 valence electrons. The molecule has 3 rings (SSSR count). The number of hydrogen-bond donors (Lipinski definition) is 2. The van der Waals surface area contributed by atoms with Gasteiger partial charge in [-0.2, -0.15) is 0 Å². The number of aromatic carboxylic acids is 1. The second-order valence-electron chi connectivity index (χ2n) is 8.13. The normalized spacial score (nSPS) is 18.7. The van der Waals surface area contributed by atoms with Crippen molar-refractivity contribution in [3.05, 3.63) is 53.1 Å². The number of carboxylic acids is 1. The first-order valence-corrected chi connectivity index (χ1v) is 9.39. The van der Waals surface area contributed by atoms with E-state index in [4.69, 9.17) is 9.84 Å². The van der Waals surface area contributed by atoms with E-state index in [0.717, 1.165) is 18.5 Å². The zero-order chi connectivity index (χ0) is 22.9. The van der Waals surface area contributed by atoms with Crippen LogP contribution in [0.3, 0.4) is 0 Å². The van der Waals surface area contributed by atoms with E-state index in [-0.39, 0.29) is 30.2 Å². The Kier molecular flexibility index (Phi) is 6.05. The molecule has 1 aliphatic heterocycles. The van der Waals surface area contributed by atoms with Crippen molar-refractivity contribution in [2.75, 3.05) is 18.0 Å². The van der Waals surface area contributed by atoms with Crippen molar-refractivity contribution >= 4 is 18.0 Å². The Hall–Kier alpha value is -3.37. The number of carbonyl (C=O) groups is 2. The number of aromatic nitrogens is 2. The van der Waals surface area contributed by atoms with Crippen LogP contribution in [0.2, 0.25) is 0 Å². The van der Waals surface area contributed by atoms with E-state index in [9.17, 15) is 22.8 Å². The van der Waals surface area contributed by atoms with Gasteiger partial charge in [0, 0.05) is 37.5 Å². The van der Waals surface area contributed by atoms with Gasteiger partial charge in [0.15, 0.2) is 11.6 Å². The van der Waals surface area contributed by atoms with Gasteiger partial charge in [-0.1, -0.05) is 0 Å². The maximum atomic E-state index is 14.5. The van der Waals surface area contributed by atoms with Gasteiger partial charge in [0.25, 0.3) is 0 Å². The number of nitrogens with one attached hydrogen (secondary N) is 1. The summed E-state index contributed by atoms with van der Waals surface area (Å²) in [6, 6.07) is 0.476. The van der Waals surface area contributed by atoms with Crippen LogP contribution in [0.25, 0.3) is 0 Å². The number of carboxylic acid groups (broad SMARTS) is 1. The van der Waals surface area contributed by atoms with E-state index in [2.05, 4.69) is 15.3 Å². The van der Waals surface area contributed by atoms with Crippen LogP contribution >= 0.6 is 0 Å². The lowest BCUT2D eigenvalue weighted by molar-refractivity contribution is 0.0504. The molecule has 2 heterocycles. The molecule has 0 aliphatic carbocycles. The number of amides is 1. The lowest BCUT2D eigenvalue weighted by atomic mass is 9.93. The fourth-order valence-corrected chi connectivity index (χ4v) is 3.30. The largest absolute Gasteiger partial charge is 0.478 e. The molecule has 1 saturated heterocycles. The SMILES string of the molecule is CC(C)(C)OC(=O)NC1CN(c2ncc(C(=O)O)cn2)CC1c1cc(F)c(F)cc1F. The second kappa shape index (κ2) is 8.40. The first-order chi connectivity index (χ1) is 14.4. The molecule has 2 atom stereocenters. The fourth-order valence-electron chi connectivity index (χ4n) is 3.30. The van der Waals surface area contributed by atoms with Crippen LogP contribution in [0.4, 0.5) is 23.9 Å². The summed E-state index contributed by atoms with van der Waals surface area (Å²) in [5, 5.41) is 11.6. The highest BCUT2D eigenvalue weighted by atomic mass is 19.2. The molecule has 1 fully saturated rings. The average molecular weight is 438 g/mol. The molecule has 1 aromatic heterocycles. The van der Waals surface area contributed by atoms with Crippen molar-refractivity contribution in [2.45, 2.75) is 38.3 Å². The molecule has 31 heavy (non-hydrogen) atoms. The Balaban J connectivity index is 1.90. The standard InChI is InChI=1S/C20H21F3N4O4/c1-20(2,3)31-19(30)26-16-9-27(18-24-6-10(7-25-18)17(28)29)8-12(16)11-4-14(22)15(23)5-13(11)21/h4-7,12,16H,8-9H2,1-3H3,(H,26,30)(H,28,29). The van der Waals surface area contributed by atoms with Crippen LogP contribution in [-0.4, -0.2) is 51.9 Å². The highest BCUT2D eigenvalue weighted by Crippen LogP contribution is 2.32. The third-order valence-corrected chi connectivity index (χ3v) is 4.63. The summed E-state index contributed by atoms with van der Waals surface area (Å²) >= 11 is 0. The van der Waals surface area contributed by atoms with Gasteiger partial charge in [0.1, 0.15) is 11.4 Å². The molecule has 2 N–H and O–H groups in total. The fraction of sp³-hybridized carbons (Fsp3) is 0.400. The maximum absolute atomic E-state index is 14.5. The molecule has 1 aromatic carbocycles. The van der Waals surface area contributed by atoms with E-state index >= 15 is 0 Å². The molecule has 0 spiro atoms. The Morgan fingerprint density at radius 1 is 1.10 bits per heavy atom. The quantitative estimate of drug-likeness (QED) is 0.707. The predicted octanol–water partition coefficient (Wildman–Crippen LogP) is 3.09. The zero-order valence-electron chi connectivity index (χ0n) is 17.0.